The molecule has 0 spiro atoms. The van der Waals surface area contributed by atoms with Crippen LogP contribution >= 0.6 is 0 Å². The Bertz CT molecular complexity index is 899. The standard InChI is InChI=1S/C35H62N2O4/c1-25(2)8-7-9-26(3)30-12-13-31-29-11-10-27-24-28(14-16-34(27,4)32(29)15-17-35(30,31)5)41-33(40)36-18-19-37(6,20-22-38)21-23-39/h10,25-26,28-32,38-39H,7-9,11-24H2,1-6H3/p+1/t26-,28+,29+,30-,31+,32+,34+,35-/m1/s1. The van der Waals surface area contributed by atoms with Crippen LogP contribution in [0.5, 0.6) is 0 Å². The molecule has 3 N–H and O–H groups in total. The van der Waals surface area contributed by atoms with E-state index in [1.807, 2.05) is 7.05 Å². The molecular weight excluding hydrogens is 512 g/mol. The number of quaternary nitrogens is 1. The second kappa shape index (κ2) is 13.7. The fraction of sp³-hybridized carbons (Fsp3) is 0.914. The molecular formula is C35H63N2O4+. The van der Waals surface area contributed by atoms with E-state index in [0.717, 1.165) is 54.8 Å². The predicted octanol–water partition coefficient (Wildman–Crippen LogP) is 6.55. The number of hydrogen-bond donors (Lipinski definition) is 3. The number of rotatable bonds is 13. The maximum Gasteiger partial charge on any atom is 0.407 e. The van der Waals surface area contributed by atoms with Crippen LogP contribution in [0.1, 0.15) is 105 Å². The number of fused-ring (bicyclic) bond motifs is 5. The smallest absolute Gasteiger partial charge is 0.407 e. The van der Waals surface area contributed by atoms with Crippen LogP contribution < -0.4 is 5.32 Å². The van der Waals surface area contributed by atoms with Gasteiger partial charge in [0.2, 0.25) is 0 Å². The van der Waals surface area contributed by atoms with Crippen LogP contribution in [0.3, 0.4) is 0 Å². The quantitative estimate of drug-likeness (QED) is 0.172. The number of carbonyl (C=O) groups excluding carboxylic acids is 1. The Morgan fingerprint density at radius 3 is 2.44 bits per heavy atom. The minimum atomic E-state index is -0.333. The SMILES string of the molecule is CC(C)CCC[C@@H](C)[C@H]1CC[C@H]2[C@@H]3CC=C4C[C@@H](OC(=O)NCC[N+](C)(CCO)CCO)CC[C@]4(C)[C@H]3CC[C@]12C. The fourth-order valence-corrected chi connectivity index (χ4v) is 10.2. The first kappa shape index (κ1) is 32.8. The summed E-state index contributed by atoms with van der Waals surface area (Å²) in [4.78, 5) is 12.7. The van der Waals surface area contributed by atoms with Crippen molar-refractivity contribution in [3.63, 3.8) is 0 Å². The number of allylic oxidation sites excluding steroid dienone is 1. The number of alkyl carbamates (subject to hydrolysis) is 1. The highest BCUT2D eigenvalue weighted by Crippen LogP contribution is 2.67. The topological polar surface area (TPSA) is 78.8 Å². The highest BCUT2D eigenvalue weighted by molar-refractivity contribution is 5.67. The van der Waals surface area contributed by atoms with E-state index in [1.54, 1.807) is 5.57 Å². The Balaban J connectivity index is 1.32. The molecule has 0 heterocycles. The summed E-state index contributed by atoms with van der Waals surface area (Å²) in [5, 5.41) is 21.7. The molecule has 4 aliphatic rings. The van der Waals surface area contributed by atoms with Crippen molar-refractivity contribution in [3.8, 4) is 0 Å². The third kappa shape index (κ3) is 7.17. The zero-order chi connectivity index (χ0) is 29.8. The van der Waals surface area contributed by atoms with Gasteiger partial charge in [0.25, 0.3) is 0 Å². The van der Waals surface area contributed by atoms with Crippen molar-refractivity contribution < 1.29 is 24.2 Å². The number of nitrogens with one attached hydrogen (secondary N) is 1. The lowest BCUT2D eigenvalue weighted by molar-refractivity contribution is -0.908. The average molecular weight is 576 g/mol. The summed E-state index contributed by atoms with van der Waals surface area (Å²) in [5.74, 6) is 5.03. The molecule has 0 aromatic carbocycles. The molecule has 0 bridgehead atoms. The number of aliphatic hydroxyl groups is 2. The van der Waals surface area contributed by atoms with E-state index in [-0.39, 0.29) is 30.8 Å². The Labute approximate surface area is 251 Å². The number of aliphatic hydroxyl groups excluding tert-OH is 2. The molecule has 3 saturated carbocycles. The van der Waals surface area contributed by atoms with Gasteiger partial charge in [-0.05, 0) is 91.3 Å². The zero-order valence-corrected chi connectivity index (χ0v) is 27.3. The summed E-state index contributed by atoms with van der Waals surface area (Å²) in [6.45, 7) is 14.9. The molecule has 4 aliphatic carbocycles. The van der Waals surface area contributed by atoms with Gasteiger partial charge in [-0.1, -0.05) is 65.5 Å². The normalized spacial score (nSPS) is 35.7. The highest BCUT2D eigenvalue weighted by Gasteiger charge is 2.59. The molecule has 0 aromatic rings. The predicted molar refractivity (Wildman–Crippen MR) is 166 cm³/mol. The van der Waals surface area contributed by atoms with Gasteiger partial charge in [-0.2, -0.15) is 0 Å². The van der Waals surface area contributed by atoms with E-state index in [1.165, 1.54) is 51.4 Å². The van der Waals surface area contributed by atoms with Gasteiger partial charge < -0.3 is 24.7 Å². The van der Waals surface area contributed by atoms with Crippen molar-refractivity contribution in [2.45, 2.75) is 111 Å². The van der Waals surface area contributed by atoms with Crippen LogP contribution in [0.25, 0.3) is 0 Å². The van der Waals surface area contributed by atoms with Crippen LogP contribution in [-0.2, 0) is 4.74 Å². The monoisotopic (exact) mass is 575 g/mol. The van der Waals surface area contributed by atoms with E-state index >= 15 is 0 Å². The molecule has 0 radical (unpaired) electrons. The Hall–Kier alpha value is -1.11. The maximum absolute atomic E-state index is 12.7. The summed E-state index contributed by atoms with van der Waals surface area (Å²) in [6, 6.07) is 0. The number of ether oxygens (including phenoxy) is 1. The van der Waals surface area contributed by atoms with Crippen molar-refractivity contribution in [1.29, 1.82) is 0 Å². The molecule has 6 nitrogen and oxygen atoms in total. The first-order valence-electron chi connectivity index (χ1n) is 17.1. The largest absolute Gasteiger partial charge is 0.446 e. The lowest BCUT2D eigenvalue weighted by Crippen LogP contribution is -2.52. The Morgan fingerprint density at radius 2 is 1.76 bits per heavy atom. The van der Waals surface area contributed by atoms with Crippen LogP contribution in [0.2, 0.25) is 0 Å². The van der Waals surface area contributed by atoms with Gasteiger partial charge in [0.1, 0.15) is 19.2 Å². The summed E-state index contributed by atoms with van der Waals surface area (Å²) in [6.07, 6.45) is 16.2. The second-order valence-electron chi connectivity index (χ2n) is 15.7. The van der Waals surface area contributed by atoms with Gasteiger partial charge in [0.15, 0.2) is 0 Å². The molecule has 41 heavy (non-hydrogen) atoms. The van der Waals surface area contributed by atoms with Crippen LogP contribution in [-0.4, -0.2) is 73.3 Å². The number of carbonyl (C=O) groups is 1. The van der Waals surface area contributed by atoms with Crippen LogP contribution in [0, 0.1) is 46.3 Å². The van der Waals surface area contributed by atoms with E-state index in [4.69, 9.17) is 4.74 Å². The van der Waals surface area contributed by atoms with E-state index in [2.05, 4.69) is 46.0 Å². The van der Waals surface area contributed by atoms with Crippen LogP contribution in [0.15, 0.2) is 11.6 Å². The lowest BCUT2D eigenvalue weighted by atomic mass is 9.47. The van der Waals surface area contributed by atoms with Crippen molar-refractivity contribution in [1.82, 2.24) is 5.32 Å². The molecule has 0 saturated heterocycles. The fourth-order valence-electron chi connectivity index (χ4n) is 10.2. The average Bonchev–Trinajstić information content (AvgIpc) is 3.26. The van der Waals surface area contributed by atoms with Gasteiger partial charge in [0.05, 0.1) is 33.4 Å². The molecule has 0 aliphatic heterocycles. The van der Waals surface area contributed by atoms with Gasteiger partial charge >= 0.3 is 6.09 Å². The van der Waals surface area contributed by atoms with E-state index in [9.17, 15) is 15.0 Å². The van der Waals surface area contributed by atoms with E-state index in [0.29, 0.717) is 36.1 Å². The summed E-state index contributed by atoms with van der Waals surface area (Å²) < 4.78 is 6.46. The third-order valence-electron chi connectivity index (χ3n) is 12.7. The number of likely N-dealkylation sites (N-methyl/N-ethyl adjacent to an activating group) is 1. The molecule has 0 aromatic heterocycles. The van der Waals surface area contributed by atoms with Gasteiger partial charge in [-0.3, -0.25) is 0 Å². The van der Waals surface area contributed by atoms with Crippen molar-refractivity contribution in [2.24, 2.45) is 46.3 Å². The van der Waals surface area contributed by atoms with Gasteiger partial charge in [0, 0.05) is 6.42 Å². The van der Waals surface area contributed by atoms with Gasteiger partial charge in [-0.25, -0.2) is 4.79 Å². The summed E-state index contributed by atoms with van der Waals surface area (Å²) in [5.41, 5.74) is 2.33. The number of amides is 1. The maximum atomic E-state index is 12.7. The number of nitrogens with zero attached hydrogens (tertiary/aromatic N) is 1. The Kier molecular flexibility index (Phi) is 10.9. The lowest BCUT2D eigenvalue weighted by Gasteiger charge is -2.58. The van der Waals surface area contributed by atoms with Crippen molar-refractivity contribution >= 4 is 6.09 Å². The molecule has 236 valence electrons. The molecule has 1 amide bonds. The molecule has 8 atom stereocenters. The highest BCUT2D eigenvalue weighted by atomic mass is 16.6. The third-order valence-corrected chi connectivity index (χ3v) is 12.7. The first-order chi connectivity index (χ1) is 19.5. The van der Waals surface area contributed by atoms with Crippen molar-refractivity contribution in [3.05, 3.63) is 11.6 Å². The first-order valence-corrected chi connectivity index (χ1v) is 17.1. The summed E-state index contributed by atoms with van der Waals surface area (Å²) >= 11 is 0. The molecule has 0 unspecified atom stereocenters. The van der Waals surface area contributed by atoms with Gasteiger partial charge in [-0.15, -0.1) is 0 Å². The minimum Gasteiger partial charge on any atom is -0.446 e. The Morgan fingerprint density at radius 1 is 1.02 bits per heavy atom. The molecule has 4 rings (SSSR count). The number of hydrogen-bond acceptors (Lipinski definition) is 4. The molecule has 6 heteroatoms. The van der Waals surface area contributed by atoms with E-state index < -0.39 is 0 Å². The zero-order valence-electron chi connectivity index (χ0n) is 27.3. The van der Waals surface area contributed by atoms with Crippen molar-refractivity contribution in [2.75, 3.05) is 46.4 Å². The van der Waals surface area contributed by atoms with Crippen LogP contribution in [0.4, 0.5) is 4.79 Å². The molecule has 3 fully saturated rings. The minimum absolute atomic E-state index is 0.0435. The summed E-state index contributed by atoms with van der Waals surface area (Å²) in [7, 11) is 2.00. The second-order valence-corrected chi connectivity index (χ2v) is 15.7.